The molecular weight excluding hydrogens is 230 g/mol. The molecule has 1 unspecified atom stereocenters. The first kappa shape index (κ1) is 12.4. The molecule has 5 heteroatoms. The molecule has 3 aliphatic rings. The minimum absolute atomic E-state index is 0.200. The van der Waals surface area contributed by atoms with Crippen molar-refractivity contribution in [3.8, 4) is 0 Å². The van der Waals surface area contributed by atoms with E-state index in [1.807, 2.05) is 11.8 Å². The SMILES string of the molecule is CC1(C(=O)N2CC(N3CCNCC3)C2)CCCO1. The molecule has 0 aromatic rings. The molecule has 18 heavy (non-hydrogen) atoms. The number of rotatable bonds is 2. The molecule has 0 aromatic heterocycles. The number of ether oxygens (including phenoxy) is 1. The zero-order valence-electron chi connectivity index (χ0n) is 11.2. The standard InChI is InChI=1S/C13H23N3O2/c1-13(3-2-8-18-13)12(17)16-9-11(10-16)15-6-4-14-5-7-15/h11,14H,2-10H2,1H3. The van der Waals surface area contributed by atoms with Gasteiger partial charge in [-0.3, -0.25) is 9.69 Å². The zero-order chi connectivity index (χ0) is 12.6. The van der Waals surface area contributed by atoms with Crippen LogP contribution in [-0.2, 0) is 9.53 Å². The number of amides is 1. The van der Waals surface area contributed by atoms with Gasteiger partial charge in [0.2, 0.25) is 0 Å². The van der Waals surface area contributed by atoms with Gasteiger partial charge in [-0.1, -0.05) is 0 Å². The van der Waals surface area contributed by atoms with E-state index in [1.54, 1.807) is 0 Å². The summed E-state index contributed by atoms with van der Waals surface area (Å²) in [6.45, 7) is 8.82. The molecule has 0 saturated carbocycles. The van der Waals surface area contributed by atoms with Gasteiger partial charge in [0.05, 0.1) is 0 Å². The minimum Gasteiger partial charge on any atom is -0.365 e. The summed E-state index contributed by atoms with van der Waals surface area (Å²) in [6.07, 6.45) is 1.89. The number of carbonyl (C=O) groups excluding carboxylic acids is 1. The van der Waals surface area contributed by atoms with E-state index in [0.717, 1.165) is 58.7 Å². The summed E-state index contributed by atoms with van der Waals surface area (Å²) >= 11 is 0. The molecule has 0 bridgehead atoms. The molecule has 3 aliphatic heterocycles. The molecule has 0 aromatic carbocycles. The summed E-state index contributed by atoms with van der Waals surface area (Å²) < 4.78 is 5.62. The Bertz CT molecular complexity index is 316. The zero-order valence-corrected chi connectivity index (χ0v) is 11.2. The molecule has 0 radical (unpaired) electrons. The monoisotopic (exact) mass is 253 g/mol. The third kappa shape index (κ3) is 2.15. The highest BCUT2D eigenvalue weighted by Crippen LogP contribution is 2.29. The van der Waals surface area contributed by atoms with E-state index in [2.05, 4.69) is 10.2 Å². The van der Waals surface area contributed by atoms with Gasteiger partial charge >= 0.3 is 0 Å². The van der Waals surface area contributed by atoms with Gasteiger partial charge in [0.1, 0.15) is 5.60 Å². The second kappa shape index (κ2) is 4.79. The first-order valence-corrected chi connectivity index (χ1v) is 7.07. The van der Waals surface area contributed by atoms with Gasteiger partial charge in [0, 0.05) is 51.9 Å². The van der Waals surface area contributed by atoms with Crippen molar-refractivity contribution >= 4 is 5.91 Å². The van der Waals surface area contributed by atoms with Crippen molar-refractivity contribution in [2.75, 3.05) is 45.9 Å². The lowest BCUT2D eigenvalue weighted by atomic mass is 9.97. The minimum atomic E-state index is -0.533. The Balaban J connectivity index is 1.50. The summed E-state index contributed by atoms with van der Waals surface area (Å²) in [4.78, 5) is 16.8. The molecule has 3 heterocycles. The van der Waals surface area contributed by atoms with Crippen LogP contribution >= 0.6 is 0 Å². The summed E-state index contributed by atoms with van der Waals surface area (Å²) in [5.74, 6) is 0.200. The van der Waals surface area contributed by atoms with Gasteiger partial charge in [-0.15, -0.1) is 0 Å². The Labute approximate surface area is 108 Å². The fourth-order valence-corrected chi connectivity index (χ4v) is 3.18. The Morgan fingerprint density at radius 2 is 2.06 bits per heavy atom. The predicted molar refractivity (Wildman–Crippen MR) is 68.4 cm³/mol. The predicted octanol–water partition coefficient (Wildman–Crippen LogP) is -0.328. The molecule has 1 amide bonds. The van der Waals surface area contributed by atoms with Gasteiger partial charge in [0.15, 0.2) is 0 Å². The van der Waals surface area contributed by atoms with E-state index < -0.39 is 5.60 Å². The highest BCUT2D eigenvalue weighted by Gasteiger charge is 2.45. The summed E-state index contributed by atoms with van der Waals surface area (Å²) in [7, 11) is 0. The number of carbonyl (C=O) groups is 1. The normalized spacial score (nSPS) is 34.6. The molecule has 1 N–H and O–H groups in total. The molecule has 1 atom stereocenters. The first-order chi connectivity index (χ1) is 8.69. The second-order valence-electron chi connectivity index (χ2n) is 5.83. The third-order valence-corrected chi connectivity index (χ3v) is 4.49. The van der Waals surface area contributed by atoms with Gasteiger partial charge in [-0.2, -0.15) is 0 Å². The topological polar surface area (TPSA) is 44.8 Å². The van der Waals surface area contributed by atoms with Crippen LogP contribution in [0.4, 0.5) is 0 Å². The molecular formula is C13H23N3O2. The smallest absolute Gasteiger partial charge is 0.254 e. The van der Waals surface area contributed by atoms with E-state index in [-0.39, 0.29) is 5.91 Å². The van der Waals surface area contributed by atoms with Crippen LogP contribution in [0.1, 0.15) is 19.8 Å². The lowest BCUT2D eigenvalue weighted by Gasteiger charge is -2.48. The van der Waals surface area contributed by atoms with E-state index >= 15 is 0 Å². The number of hydrogen-bond donors (Lipinski definition) is 1. The molecule has 0 aliphatic carbocycles. The lowest BCUT2D eigenvalue weighted by molar-refractivity contribution is -0.158. The number of nitrogens with zero attached hydrogens (tertiary/aromatic N) is 2. The lowest BCUT2D eigenvalue weighted by Crippen LogP contribution is -2.66. The van der Waals surface area contributed by atoms with Gasteiger partial charge in [-0.05, 0) is 19.8 Å². The fourth-order valence-electron chi connectivity index (χ4n) is 3.18. The van der Waals surface area contributed by atoms with Crippen LogP contribution in [0, 0.1) is 0 Å². The Kier molecular flexibility index (Phi) is 3.30. The van der Waals surface area contributed by atoms with Crippen LogP contribution in [-0.4, -0.2) is 73.2 Å². The van der Waals surface area contributed by atoms with Gasteiger partial charge in [0.25, 0.3) is 5.91 Å². The average molecular weight is 253 g/mol. The van der Waals surface area contributed by atoms with Crippen molar-refractivity contribution in [3.63, 3.8) is 0 Å². The highest BCUT2D eigenvalue weighted by atomic mass is 16.5. The van der Waals surface area contributed by atoms with Crippen molar-refractivity contribution < 1.29 is 9.53 Å². The van der Waals surface area contributed by atoms with Gasteiger partial charge < -0.3 is 15.0 Å². The maximum absolute atomic E-state index is 12.3. The maximum atomic E-state index is 12.3. The molecule has 0 spiro atoms. The van der Waals surface area contributed by atoms with E-state index in [4.69, 9.17) is 4.74 Å². The Morgan fingerprint density at radius 1 is 1.33 bits per heavy atom. The average Bonchev–Trinajstić information content (AvgIpc) is 2.77. The fraction of sp³-hybridized carbons (Fsp3) is 0.923. The summed E-state index contributed by atoms with van der Waals surface area (Å²) in [5, 5.41) is 3.36. The van der Waals surface area contributed by atoms with E-state index in [1.165, 1.54) is 0 Å². The van der Waals surface area contributed by atoms with Crippen LogP contribution < -0.4 is 5.32 Å². The maximum Gasteiger partial charge on any atom is 0.254 e. The van der Waals surface area contributed by atoms with Crippen LogP contribution in [0.2, 0.25) is 0 Å². The number of likely N-dealkylation sites (tertiary alicyclic amines) is 1. The number of hydrogen-bond acceptors (Lipinski definition) is 4. The van der Waals surface area contributed by atoms with Gasteiger partial charge in [-0.25, -0.2) is 0 Å². The van der Waals surface area contributed by atoms with Crippen molar-refractivity contribution in [2.45, 2.75) is 31.4 Å². The van der Waals surface area contributed by atoms with Crippen LogP contribution in [0.15, 0.2) is 0 Å². The van der Waals surface area contributed by atoms with Crippen molar-refractivity contribution in [1.82, 2.24) is 15.1 Å². The summed E-state index contributed by atoms with van der Waals surface area (Å²) in [5.41, 5.74) is -0.533. The molecule has 3 fully saturated rings. The largest absolute Gasteiger partial charge is 0.365 e. The first-order valence-electron chi connectivity index (χ1n) is 7.07. The van der Waals surface area contributed by atoms with E-state index in [9.17, 15) is 4.79 Å². The van der Waals surface area contributed by atoms with Crippen molar-refractivity contribution in [1.29, 1.82) is 0 Å². The molecule has 102 valence electrons. The highest BCUT2D eigenvalue weighted by molar-refractivity contribution is 5.86. The summed E-state index contributed by atoms with van der Waals surface area (Å²) in [6, 6.07) is 0.570. The van der Waals surface area contributed by atoms with Crippen LogP contribution in [0.3, 0.4) is 0 Å². The van der Waals surface area contributed by atoms with Crippen molar-refractivity contribution in [3.05, 3.63) is 0 Å². The van der Waals surface area contributed by atoms with Crippen molar-refractivity contribution in [2.24, 2.45) is 0 Å². The van der Waals surface area contributed by atoms with Crippen LogP contribution in [0.5, 0.6) is 0 Å². The second-order valence-corrected chi connectivity index (χ2v) is 5.83. The number of piperazine rings is 1. The quantitative estimate of drug-likeness (QED) is 0.732. The van der Waals surface area contributed by atoms with Crippen LogP contribution in [0.25, 0.3) is 0 Å². The molecule has 3 saturated heterocycles. The molecule has 3 rings (SSSR count). The Morgan fingerprint density at radius 3 is 2.67 bits per heavy atom. The van der Waals surface area contributed by atoms with E-state index in [0.29, 0.717) is 6.04 Å². The number of nitrogens with one attached hydrogen (secondary N) is 1. The molecule has 5 nitrogen and oxygen atoms in total. The third-order valence-electron chi connectivity index (χ3n) is 4.49. The Hall–Kier alpha value is -0.650.